The van der Waals surface area contributed by atoms with Gasteiger partial charge in [0.25, 0.3) is 10.0 Å². The fraction of sp³-hybridized carbons (Fsp3) is 0.118. The number of fused-ring (bicyclic) bond motifs is 1. The van der Waals surface area contributed by atoms with Crippen LogP contribution in [0.5, 0.6) is 0 Å². The highest BCUT2D eigenvalue weighted by Crippen LogP contribution is 2.19. The number of rotatable bonds is 3. The van der Waals surface area contributed by atoms with Crippen LogP contribution < -0.4 is 10.2 Å². The maximum atomic E-state index is 12.4. The molecule has 1 heterocycles. The Hall–Kier alpha value is -2.60. The Morgan fingerprint density at radius 3 is 2.35 bits per heavy atom. The Bertz CT molecular complexity index is 1040. The first kappa shape index (κ1) is 15.3. The second-order valence-corrected chi connectivity index (χ2v) is 7.18. The highest BCUT2D eigenvalue weighted by atomic mass is 32.2. The van der Waals surface area contributed by atoms with E-state index in [1.165, 1.54) is 6.07 Å². The number of benzene rings is 2. The van der Waals surface area contributed by atoms with Crippen LogP contribution in [0.25, 0.3) is 10.9 Å². The second-order valence-electron chi connectivity index (χ2n) is 5.50. The van der Waals surface area contributed by atoms with Gasteiger partial charge in [0.05, 0.1) is 4.90 Å². The summed E-state index contributed by atoms with van der Waals surface area (Å²) in [5.74, 6) is 0. The molecular formula is C17H16N2O3S. The number of hydrogen-bond donors (Lipinski definition) is 2. The smallest absolute Gasteiger partial charge is 0.261 e. The zero-order chi connectivity index (χ0) is 16.6. The average molecular weight is 328 g/mol. The quantitative estimate of drug-likeness (QED) is 0.776. The Balaban J connectivity index is 2.01. The molecule has 0 aliphatic heterocycles. The highest BCUT2D eigenvalue weighted by Gasteiger charge is 2.14. The third-order valence-corrected chi connectivity index (χ3v) is 4.95. The van der Waals surface area contributed by atoms with Gasteiger partial charge in [0.2, 0.25) is 0 Å². The monoisotopic (exact) mass is 328 g/mol. The van der Waals surface area contributed by atoms with Crippen LogP contribution in [0.2, 0.25) is 0 Å². The molecule has 0 saturated carbocycles. The summed E-state index contributed by atoms with van der Waals surface area (Å²) in [4.78, 5) is 15.3. The van der Waals surface area contributed by atoms with E-state index >= 15 is 0 Å². The van der Waals surface area contributed by atoms with Crippen LogP contribution in [0.4, 0.5) is 5.69 Å². The largest absolute Gasteiger partial charge is 0.358 e. The van der Waals surface area contributed by atoms with E-state index < -0.39 is 10.0 Å². The molecule has 0 aliphatic rings. The van der Waals surface area contributed by atoms with Gasteiger partial charge in [-0.05, 0) is 44.2 Å². The summed E-state index contributed by atoms with van der Waals surface area (Å²) in [6.45, 7) is 3.69. The number of nitrogens with one attached hydrogen (secondary N) is 2. The Labute approximate surface area is 134 Å². The van der Waals surface area contributed by atoms with Crippen molar-refractivity contribution in [2.75, 3.05) is 4.72 Å². The normalized spacial score (nSPS) is 11.6. The molecular weight excluding hydrogens is 312 g/mol. The minimum Gasteiger partial charge on any atom is -0.358 e. The number of H-pyrrole nitrogens is 1. The lowest BCUT2D eigenvalue weighted by atomic mass is 10.2. The van der Waals surface area contributed by atoms with E-state index in [2.05, 4.69) is 9.71 Å². The number of aromatic amines is 1. The first-order chi connectivity index (χ1) is 10.8. The zero-order valence-corrected chi connectivity index (χ0v) is 13.6. The van der Waals surface area contributed by atoms with E-state index in [4.69, 9.17) is 0 Å². The van der Waals surface area contributed by atoms with Crippen molar-refractivity contribution in [2.45, 2.75) is 18.7 Å². The van der Waals surface area contributed by atoms with Gasteiger partial charge >= 0.3 is 0 Å². The van der Waals surface area contributed by atoms with Gasteiger partial charge in [0, 0.05) is 28.4 Å². The van der Waals surface area contributed by atoms with Gasteiger partial charge in [-0.3, -0.25) is 9.52 Å². The van der Waals surface area contributed by atoms with Crippen molar-refractivity contribution >= 4 is 26.6 Å². The average Bonchev–Trinajstić information content (AvgIpc) is 2.48. The zero-order valence-electron chi connectivity index (χ0n) is 12.8. The molecule has 5 nitrogen and oxygen atoms in total. The van der Waals surface area contributed by atoms with Gasteiger partial charge in [-0.15, -0.1) is 0 Å². The molecule has 0 aliphatic carbocycles. The summed E-state index contributed by atoms with van der Waals surface area (Å²) in [7, 11) is -3.68. The molecule has 0 atom stereocenters. The summed E-state index contributed by atoms with van der Waals surface area (Å²) in [6, 6.07) is 12.9. The minimum atomic E-state index is -3.68. The number of anilines is 1. The Morgan fingerprint density at radius 1 is 0.957 bits per heavy atom. The lowest BCUT2D eigenvalue weighted by Crippen LogP contribution is -2.13. The third-order valence-electron chi connectivity index (χ3n) is 3.55. The molecule has 0 spiro atoms. The van der Waals surface area contributed by atoms with Crippen molar-refractivity contribution in [3.8, 4) is 0 Å². The summed E-state index contributed by atoms with van der Waals surface area (Å²) >= 11 is 0. The predicted octanol–water partition coefficient (Wildman–Crippen LogP) is 2.95. The van der Waals surface area contributed by atoms with Crippen molar-refractivity contribution in [1.29, 1.82) is 0 Å². The van der Waals surface area contributed by atoms with Crippen molar-refractivity contribution in [3.63, 3.8) is 0 Å². The minimum absolute atomic E-state index is 0.146. The van der Waals surface area contributed by atoms with Gasteiger partial charge < -0.3 is 4.98 Å². The number of hydrogen-bond acceptors (Lipinski definition) is 3. The molecule has 3 aromatic rings. The van der Waals surface area contributed by atoms with Crippen LogP contribution in [-0.4, -0.2) is 13.4 Å². The van der Waals surface area contributed by atoms with Crippen molar-refractivity contribution in [3.05, 3.63) is 70.0 Å². The van der Waals surface area contributed by atoms with Crippen LogP contribution in [0.3, 0.4) is 0 Å². The summed E-state index contributed by atoms with van der Waals surface area (Å²) in [5, 5.41) is 0.444. The van der Waals surface area contributed by atoms with E-state index in [1.807, 2.05) is 6.92 Å². The molecule has 1 aromatic heterocycles. The molecule has 23 heavy (non-hydrogen) atoms. The van der Waals surface area contributed by atoms with Crippen LogP contribution in [0.15, 0.2) is 58.2 Å². The standard InChI is InChI=1S/C17H16N2O3S/c1-11-3-6-14(7-4-11)23(21,22)19-13-5-8-16-15(10-13)17(20)9-12(2)18-16/h3-10,19H,1-2H3,(H,18,20). The van der Waals surface area contributed by atoms with Crippen molar-refractivity contribution in [1.82, 2.24) is 4.98 Å². The van der Waals surface area contributed by atoms with Crippen LogP contribution in [0.1, 0.15) is 11.3 Å². The molecule has 118 valence electrons. The number of aryl methyl sites for hydroxylation is 2. The van der Waals surface area contributed by atoms with Gasteiger partial charge in [-0.25, -0.2) is 8.42 Å². The van der Waals surface area contributed by atoms with E-state index in [1.54, 1.807) is 49.4 Å². The summed E-state index contributed by atoms with van der Waals surface area (Å²) in [5.41, 5.74) is 2.63. The van der Waals surface area contributed by atoms with E-state index in [-0.39, 0.29) is 10.3 Å². The third kappa shape index (κ3) is 3.12. The molecule has 2 N–H and O–H groups in total. The molecule has 0 radical (unpaired) electrons. The van der Waals surface area contributed by atoms with Crippen molar-refractivity contribution < 1.29 is 8.42 Å². The molecule has 0 unspecified atom stereocenters. The van der Waals surface area contributed by atoms with Crippen LogP contribution in [-0.2, 0) is 10.0 Å². The first-order valence-electron chi connectivity index (χ1n) is 7.08. The molecule has 2 aromatic carbocycles. The van der Waals surface area contributed by atoms with Crippen LogP contribution in [0, 0.1) is 13.8 Å². The molecule has 6 heteroatoms. The molecule has 0 saturated heterocycles. The second kappa shape index (κ2) is 5.55. The topological polar surface area (TPSA) is 79.0 Å². The highest BCUT2D eigenvalue weighted by molar-refractivity contribution is 7.92. The molecule has 0 fully saturated rings. The lowest BCUT2D eigenvalue weighted by Gasteiger charge is -2.09. The summed E-state index contributed by atoms with van der Waals surface area (Å²) in [6.07, 6.45) is 0. The van der Waals surface area contributed by atoms with Gasteiger partial charge in [-0.2, -0.15) is 0 Å². The van der Waals surface area contributed by atoms with E-state index in [9.17, 15) is 13.2 Å². The first-order valence-corrected chi connectivity index (χ1v) is 8.57. The fourth-order valence-corrected chi connectivity index (χ4v) is 3.42. The van der Waals surface area contributed by atoms with E-state index in [0.717, 1.165) is 11.3 Å². The Kier molecular flexibility index (Phi) is 3.69. The molecule has 3 rings (SSSR count). The van der Waals surface area contributed by atoms with Gasteiger partial charge in [0.15, 0.2) is 5.43 Å². The van der Waals surface area contributed by atoms with E-state index in [0.29, 0.717) is 16.6 Å². The summed E-state index contributed by atoms with van der Waals surface area (Å²) < 4.78 is 27.3. The van der Waals surface area contributed by atoms with Gasteiger partial charge in [0.1, 0.15) is 0 Å². The maximum absolute atomic E-state index is 12.4. The van der Waals surface area contributed by atoms with Gasteiger partial charge in [-0.1, -0.05) is 17.7 Å². The number of pyridine rings is 1. The van der Waals surface area contributed by atoms with Crippen LogP contribution >= 0.6 is 0 Å². The lowest BCUT2D eigenvalue weighted by molar-refractivity contribution is 0.601. The predicted molar refractivity (Wildman–Crippen MR) is 91.3 cm³/mol. The molecule has 0 bridgehead atoms. The Morgan fingerprint density at radius 2 is 1.65 bits per heavy atom. The number of sulfonamides is 1. The maximum Gasteiger partial charge on any atom is 0.261 e. The SMILES string of the molecule is Cc1ccc(S(=O)(=O)Nc2ccc3[nH]c(C)cc(=O)c3c2)cc1. The molecule has 0 amide bonds. The fourth-order valence-electron chi connectivity index (χ4n) is 2.37. The number of aromatic nitrogens is 1. The van der Waals surface area contributed by atoms with Crippen molar-refractivity contribution in [2.24, 2.45) is 0 Å².